The van der Waals surface area contributed by atoms with Crippen molar-refractivity contribution in [1.29, 1.82) is 5.26 Å². The van der Waals surface area contributed by atoms with Crippen LogP contribution in [0, 0.1) is 18.3 Å². The molecule has 0 bridgehead atoms. The predicted molar refractivity (Wildman–Crippen MR) is 124 cm³/mol. The molecule has 1 fully saturated rings. The number of carbonyl (C=O) groups is 1. The monoisotopic (exact) mass is 425 g/mol. The molecule has 0 radical (unpaired) electrons. The lowest BCUT2D eigenvalue weighted by atomic mass is 10.1. The van der Waals surface area contributed by atoms with E-state index in [9.17, 15) is 4.79 Å². The molecular weight excluding hydrogens is 398 g/mol. The zero-order chi connectivity index (χ0) is 22.3. The third-order valence-electron chi connectivity index (χ3n) is 5.72. The van der Waals surface area contributed by atoms with E-state index in [2.05, 4.69) is 30.0 Å². The van der Waals surface area contributed by atoms with Gasteiger partial charge in [-0.25, -0.2) is 0 Å². The van der Waals surface area contributed by atoms with Crippen LogP contribution in [0.5, 0.6) is 5.75 Å². The second-order valence-corrected chi connectivity index (χ2v) is 8.18. The summed E-state index contributed by atoms with van der Waals surface area (Å²) in [6.07, 6.45) is 0. The molecule has 1 saturated heterocycles. The van der Waals surface area contributed by atoms with Gasteiger partial charge < -0.3 is 9.64 Å². The van der Waals surface area contributed by atoms with Gasteiger partial charge in [-0.15, -0.1) is 0 Å². The molecule has 0 saturated carbocycles. The number of benzene rings is 3. The first kappa shape index (κ1) is 21.6. The lowest BCUT2D eigenvalue weighted by Crippen LogP contribution is -2.48. The van der Waals surface area contributed by atoms with Crippen LogP contribution in [-0.2, 0) is 13.2 Å². The first-order chi connectivity index (χ1) is 15.6. The molecule has 162 valence electrons. The molecule has 0 atom stereocenters. The first-order valence-corrected chi connectivity index (χ1v) is 10.9. The molecule has 0 aromatic heterocycles. The second-order valence-electron chi connectivity index (χ2n) is 8.18. The van der Waals surface area contributed by atoms with E-state index < -0.39 is 0 Å². The normalized spacial score (nSPS) is 14.1. The van der Waals surface area contributed by atoms with E-state index in [1.807, 2.05) is 65.6 Å². The number of amides is 1. The Morgan fingerprint density at radius 1 is 0.938 bits per heavy atom. The van der Waals surface area contributed by atoms with E-state index in [1.54, 1.807) is 0 Å². The highest BCUT2D eigenvalue weighted by Gasteiger charge is 2.22. The van der Waals surface area contributed by atoms with Crippen LogP contribution in [0.15, 0.2) is 72.8 Å². The molecule has 1 heterocycles. The van der Waals surface area contributed by atoms with Gasteiger partial charge in [0.15, 0.2) is 0 Å². The molecule has 1 aliphatic rings. The fourth-order valence-electron chi connectivity index (χ4n) is 3.92. The van der Waals surface area contributed by atoms with Crippen LogP contribution in [0.25, 0.3) is 0 Å². The van der Waals surface area contributed by atoms with Crippen LogP contribution in [-0.4, -0.2) is 41.9 Å². The highest BCUT2D eigenvalue weighted by molar-refractivity contribution is 5.94. The molecule has 0 unspecified atom stereocenters. The smallest absolute Gasteiger partial charge is 0.254 e. The van der Waals surface area contributed by atoms with Crippen molar-refractivity contribution in [2.45, 2.75) is 20.1 Å². The van der Waals surface area contributed by atoms with E-state index in [0.717, 1.165) is 25.2 Å². The topological polar surface area (TPSA) is 56.6 Å². The Balaban J connectivity index is 1.30. The largest absolute Gasteiger partial charge is 0.489 e. The summed E-state index contributed by atoms with van der Waals surface area (Å²) in [5, 5.41) is 8.93. The number of nitriles is 1. The van der Waals surface area contributed by atoms with Crippen molar-refractivity contribution in [1.82, 2.24) is 9.80 Å². The SMILES string of the molecule is Cc1cccc(COc2cccc(C(=O)N3CCN(Cc4ccc(C#N)cc4)CC3)c2)c1. The average Bonchev–Trinajstić information content (AvgIpc) is 2.83. The Morgan fingerprint density at radius 3 is 2.41 bits per heavy atom. The van der Waals surface area contributed by atoms with Crippen molar-refractivity contribution in [3.05, 3.63) is 101 Å². The molecule has 0 aliphatic carbocycles. The summed E-state index contributed by atoms with van der Waals surface area (Å²) < 4.78 is 5.93. The molecule has 1 aliphatic heterocycles. The molecular formula is C27H27N3O2. The van der Waals surface area contributed by atoms with Gasteiger partial charge in [0.1, 0.15) is 12.4 Å². The summed E-state index contributed by atoms with van der Waals surface area (Å²) in [5.41, 5.74) is 4.83. The van der Waals surface area contributed by atoms with E-state index in [4.69, 9.17) is 10.00 Å². The molecule has 3 aromatic rings. The minimum Gasteiger partial charge on any atom is -0.489 e. The minimum atomic E-state index is 0.0454. The molecule has 0 spiro atoms. The molecule has 1 amide bonds. The number of piperazine rings is 1. The van der Waals surface area contributed by atoms with E-state index in [1.165, 1.54) is 11.1 Å². The van der Waals surface area contributed by atoms with Gasteiger partial charge in [-0.3, -0.25) is 9.69 Å². The lowest BCUT2D eigenvalue weighted by molar-refractivity contribution is 0.0628. The summed E-state index contributed by atoms with van der Waals surface area (Å²) in [7, 11) is 0. The Bertz CT molecular complexity index is 1110. The van der Waals surface area contributed by atoms with Crippen molar-refractivity contribution in [3.63, 3.8) is 0 Å². The van der Waals surface area contributed by atoms with Gasteiger partial charge in [-0.2, -0.15) is 5.26 Å². The summed E-state index contributed by atoms with van der Waals surface area (Å²) >= 11 is 0. The zero-order valence-corrected chi connectivity index (χ0v) is 18.3. The zero-order valence-electron chi connectivity index (χ0n) is 18.3. The van der Waals surface area contributed by atoms with Crippen molar-refractivity contribution >= 4 is 5.91 Å². The van der Waals surface area contributed by atoms with Crippen LogP contribution in [0.1, 0.15) is 32.6 Å². The van der Waals surface area contributed by atoms with Gasteiger partial charge >= 0.3 is 0 Å². The minimum absolute atomic E-state index is 0.0454. The number of hydrogen-bond acceptors (Lipinski definition) is 4. The number of carbonyl (C=O) groups excluding carboxylic acids is 1. The standard InChI is InChI=1S/C27H27N3O2/c1-21-4-2-5-24(16-21)20-32-26-7-3-6-25(17-26)27(31)30-14-12-29(13-15-30)19-23-10-8-22(18-28)9-11-23/h2-11,16-17H,12-15,19-20H2,1H3. The van der Waals surface area contributed by atoms with Gasteiger partial charge in [0.05, 0.1) is 11.6 Å². The number of nitrogens with zero attached hydrogens (tertiary/aromatic N) is 3. The Kier molecular flexibility index (Phi) is 6.84. The number of aryl methyl sites for hydroxylation is 1. The van der Waals surface area contributed by atoms with Gasteiger partial charge in [0.2, 0.25) is 0 Å². The quantitative estimate of drug-likeness (QED) is 0.587. The molecule has 32 heavy (non-hydrogen) atoms. The Hall–Kier alpha value is -3.62. The molecule has 4 rings (SSSR count). The van der Waals surface area contributed by atoms with Crippen molar-refractivity contribution < 1.29 is 9.53 Å². The Labute approximate surface area is 189 Å². The number of rotatable bonds is 6. The molecule has 5 heteroatoms. The van der Waals surface area contributed by atoms with Crippen LogP contribution >= 0.6 is 0 Å². The number of ether oxygens (including phenoxy) is 1. The highest BCUT2D eigenvalue weighted by Crippen LogP contribution is 2.18. The van der Waals surface area contributed by atoms with Crippen LogP contribution in [0.2, 0.25) is 0 Å². The summed E-state index contributed by atoms with van der Waals surface area (Å²) in [6, 6.07) is 25.5. The highest BCUT2D eigenvalue weighted by atomic mass is 16.5. The molecule has 0 N–H and O–H groups in total. The summed E-state index contributed by atoms with van der Waals surface area (Å²) in [5.74, 6) is 0.751. The average molecular weight is 426 g/mol. The number of hydrogen-bond donors (Lipinski definition) is 0. The van der Waals surface area contributed by atoms with E-state index in [0.29, 0.717) is 36.6 Å². The predicted octanol–water partition coefficient (Wildman–Crippen LogP) is 4.40. The Morgan fingerprint density at radius 2 is 1.69 bits per heavy atom. The van der Waals surface area contributed by atoms with Crippen molar-refractivity contribution in [3.8, 4) is 11.8 Å². The van der Waals surface area contributed by atoms with E-state index in [-0.39, 0.29) is 5.91 Å². The summed E-state index contributed by atoms with van der Waals surface area (Å²) in [6.45, 7) is 6.42. The maximum atomic E-state index is 13.0. The van der Waals surface area contributed by atoms with Gasteiger partial charge in [-0.1, -0.05) is 48.0 Å². The maximum Gasteiger partial charge on any atom is 0.254 e. The van der Waals surface area contributed by atoms with Gasteiger partial charge in [0.25, 0.3) is 5.91 Å². The first-order valence-electron chi connectivity index (χ1n) is 10.9. The third kappa shape index (κ3) is 5.54. The van der Waals surface area contributed by atoms with Crippen molar-refractivity contribution in [2.75, 3.05) is 26.2 Å². The van der Waals surface area contributed by atoms with Gasteiger partial charge in [-0.05, 0) is 48.4 Å². The van der Waals surface area contributed by atoms with Crippen LogP contribution in [0.4, 0.5) is 0 Å². The molecule has 5 nitrogen and oxygen atoms in total. The van der Waals surface area contributed by atoms with Crippen molar-refractivity contribution in [2.24, 2.45) is 0 Å². The third-order valence-corrected chi connectivity index (χ3v) is 5.72. The van der Waals surface area contributed by atoms with E-state index >= 15 is 0 Å². The maximum absolute atomic E-state index is 13.0. The van der Waals surface area contributed by atoms with Crippen LogP contribution in [0.3, 0.4) is 0 Å². The summed E-state index contributed by atoms with van der Waals surface area (Å²) in [4.78, 5) is 17.3. The van der Waals surface area contributed by atoms with Gasteiger partial charge in [0, 0.05) is 38.3 Å². The second kappa shape index (κ2) is 10.1. The molecule has 3 aromatic carbocycles. The fourth-order valence-corrected chi connectivity index (χ4v) is 3.92. The fraction of sp³-hybridized carbons (Fsp3) is 0.259. The lowest BCUT2D eigenvalue weighted by Gasteiger charge is -2.34. The van der Waals surface area contributed by atoms with Crippen LogP contribution < -0.4 is 4.74 Å².